The summed E-state index contributed by atoms with van der Waals surface area (Å²) in [7, 11) is 0. The number of hydrogen-bond donors (Lipinski definition) is 1. The molecule has 2 aliphatic rings. The Morgan fingerprint density at radius 1 is 1.40 bits per heavy atom. The zero-order valence-corrected chi connectivity index (χ0v) is 16.2. The van der Waals surface area contributed by atoms with Gasteiger partial charge in [0, 0.05) is 43.0 Å². The van der Waals surface area contributed by atoms with Gasteiger partial charge in [-0.1, -0.05) is 13.8 Å². The van der Waals surface area contributed by atoms with Gasteiger partial charge in [0.25, 0.3) is 0 Å². The Morgan fingerprint density at radius 2 is 2.16 bits per heavy atom. The van der Waals surface area contributed by atoms with Crippen molar-refractivity contribution in [2.45, 2.75) is 71.7 Å². The summed E-state index contributed by atoms with van der Waals surface area (Å²) in [6, 6.07) is 2.70. The van der Waals surface area contributed by atoms with Crippen molar-refractivity contribution in [1.29, 1.82) is 0 Å². The normalized spacial score (nSPS) is 27.7. The number of nitrogens with one attached hydrogen (secondary N) is 1. The summed E-state index contributed by atoms with van der Waals surface area (Å²) in [5.74, 6) is 0.534. The first-order valence-electron chi connectivity index (χ1n) is 9.40. The van der Waals surface area contributed by atoms with Crippen molar-refractivity contribution in [3.8, 4) is 0 Å². The van der Waals surface area contributed by atoms with Crippen LogP contribution in [0.15, 0.2) is 18.5 Å². The van der Waals surface area contributed by atoms with Crippen molar-refractivity contribution in [3.05, 3.63) is 18.5 Å². The molecule has 6 nitrogen and oxygen atoms in total. The number of ether oxygens (including phenoxy) is 1. The fraction of sp³-hybridized carbons (Fsp3) is 0.789. The molecule has 1 saturated heterocycles. The van der Waals surface area contributed by atoms with Crippen LogP contribution in [0.5, 0.6) is 0 Å². The summed E-state index contributed by atoms with van der Waals surface area (Å²) in [4.78, 5) is 14.5. The minimum absolute atomic E-state index is 0.0732. The molecule has 1 N–H and O–H groups in total. The molecule has 2 fully saturated rings. The lowest BCUT2D eigenvalue weighted by atomic mass is 9.56. The van der Waals surface area contributed by atoms with E-state index in [4.69, 9.17) is 4.74 Å². The number of likely N-dealkylation sites (tertiary alicyclic amines) is 1. The molecule has 1 unspecified atom stereocenters. The Balaban J connectivity index is 1.51. The molecule has 0 aromatic carbocycles. The van der Waals surface area contributed by atoms with Gasteiger partial charge in [-0.15, -0.1) is 0 Å². The van der Waals surface area contributed by atoms with Crippen molar-refractivity contribution in [1.82, 2.24) is 20.0 Å². The fourth-order valence-electron chi connectivity index (χ4n) is 4.61. The number of aromatic nitrogens is 2. The highest BCUT2D eigenvalue weighted by Gasteiger charge is 2.62. The molecular formula is C19H32N4O2. The van der Waals surface area contributed by atoms with E-state index in [1.54, 1.807) is 0 Å². The Morgan fingerprint density at radius 3 is 2.80 bits per heavy atom. The van der Waals surface area contributed by atoms with E-state index in [0.717, 1.165) is 32.5 Å². The van der Waals surface area contributed by atoms with Gasteiger partial charge in [-0.3, -0.25) is 4.68 Å². The quantitative estimate of drug-likeness (QED) is 0.831. The summed E-state index contributed by atoms with van der Waals surface area (Å²) in [6.45, 7) is 13.0. The predicted molar refractivity (Wildman–Crippen MR) is 97.3 cm³/mol. The van der Waals surface area contributed by atoms with Gasteiger partial charge in [0.2, 0.25) is 0 Å². The van der Waals surface area contributed by atoms with Gasteiger partial charge in [-0.05, 0) is 52.1 Å². The van der Waals surface area contributed by atoms with Crippen LogP contribution in [0.3, 0.4) is 0 Å². The molecule has 2 heterocycles. The molecule has 25 heavy (non-hydrogen) atoms. The van der Waals surface area contributed by atoms with Crippen LogP contribution >= 0.6 is 0 Å². The Kier molecular flexibility index (Phi) is 4.84. The van der Waals surface area contributed by atoms with Crippen LogP contribution in [0.1, 0.15) is 47.5 Å². The third-order valence-electron chi connectivity index (χ3n) is 5.55. The SMILES string of the molecule is CC(C)(C)OC(=O)N1CC[C@@H]2C(NCCCn3cccn3)C(C)(C)[C@@H]21. The average Bonchev–Trinajstić information content (AvgIpc) is 3.13. The summed E-state index contributed by atoms with van der Waals surface area (Å²) in [6.07, 6.45) is 5.77. The molecular weight excluding hydrogens is 316 g/mol. The maximum atomic E-state index is 12.5. The lowest BCUT2D eigenvalue weighted by Gasteiger charge is -2.57. The third-order valence-corrected chi connectivity index (χ3v) is 5.55. The lowest BCUT2D eigenvalue weighted by Crippen LogP contribution is -2.69. The number of fused-ring (bicyclic) bond motifs is 1. The van der Waals surface area contributed by atoms with E-state index in [1.807, 2.05) is 48.8 Å². The molecule has 0 radical (unpaired) electrons. The fourth-order valence-corrected chi connectivity index (χ4v) is 4.61. The van der Waals surface area contributed by atoms with Crippen LogP contribution in [0.2, 0.25) is 0 Å². The second kappa shape index (κ2) is 6.63. The van der Waals surface area contributed by atoms with E-state index >= 15 is 0 Å². The molecule has 0 bridgehead atoms. The van der Waals surface area contributed by atoms with Crippen LogP contribution < -0.4 is 5.32 Å². The van der Waals surface area contributed by atoms with Crippen molar-refractivity contribution in [2.75, 3.05) is 13.1 Å². The van der Waals surface area contributed by atoms with E-state index in [9.17, 15) is 4.79 Å². The van der Waals surface area contributed by atoms with E-state index in [1.165, 1.54) is 0 Å². The largest absolute Gasteiger partial charge is 0.444 e. The molecule has 1 saturated carbocycles. The molecule has 1 aromatic rings. The minimum Gasteiger partial charge on any atom is -0.444 e. The highest BCUT2D eigenvalue weighted by atomic mass is 16.6. The highest BCUT2D eigenvalue weighted by molar-refractivity contribution is 5.69. The third kappa shape index (κ3) is 3.68. The second-order valence-electron chi connectivity index (χ2n) is 8.95. The van der Waals surface area contributed by atoms with Crippen molar-refractivity contribution in [2.24, 2.45) is 11.3 Å². The number of aryl methyl sites for hydroxylation is 1. The summed E-state index contributed by atoms with van der Waals surface area (Å²) < 4.78 is 7.57. The standard InChI is InChI=1S/C19H32N4O2/c1-18(2,3)25-17(24)23-13-8-14-15(19(4,5)16(14)23)20-9-6-11-22-12-7-10-21-22/h7,10,12,14-16,20H,6,8-9,11,13H2,1-5H3/t14-,15?,16-/m1/s1. The molecule has 1 aliphatic heterocycles. The minimum atomic E-state index is -0.437. The second-order valence-corrected chi connectivity index (χ2v) is 8.95. The van der Waals surface area contributed by atoms with Crippen LogP contribution in [0.4, 0.5) is 4.79 Å². The van der Waals surface area contributed by atoms with Gasteiger partial charge in [0.1, 0.15) is 5.60 Å². The van der Waals surface area contributed by atoms with Crippen LogP contribution in [-0.4, -0.2) is 51.5 Å². The van der Waals surface area contributed by atoms with Crippen molar-refractivity contribution in [3.63, 3.8) is 0 Å². The molecule has 3 rings (SSSR count). The Hall–Kier alpha value is -1.56. The van der Waals surface area contributed by atoms with Gasteiger partial charge >= 0.3 is 6.09 Å². The van der Waals surface area contributed by atoms with Crippen LogP contribution in [0.25, 0.3) is 0 Å². The zero-order valence-electron chi connectivity index (χ0n) is 16.2. The van der Waals surface area contributed by atoms with Crippen LogP contribution in [-0.2, 0) is 11.3 Å². The zero-order chi connectivity index (χ0) is 18.2. The first-order chi connectivity index (χ1) is 11.7. The molecule has 1 aromatic heterocycles. The highest BCUT2D eigenvalue weighted by Crippen LogP contribution is 2.53. The van der Waals surface area contributed by atoms with Gasteiger partial charge in [0.15, 0.2) is 0 Å². The molecule has 6 heteroatoms. The van der Waals surface area contributed by atoms with E-state index in [0.29, 0.717) is 12.0 Å². The summed E-state index contributed by atoms with van der Waals surface area (Å²) >= 11 is 0. The molecule has 0 spiro atoms. The number of carbonyl (C=O) groups is 1. The van der Waals surface area contributed by atoms with Crippen molar-refractivity contribution < 1.29 is 9.53 Å². The number of carbonyl (C=O) groups excluding carboxylic acids is 1. The first kappa shape index (κ1) is 18.2. The van der Waals surface area contributed by atoms with E-state index in [-0.39, 0.29) is 17.6 Å². The lowest BCUT2D eigenvalue weighted by molar-refractivity contribution is -0.0596. The van der Waals surface area contributed by atoms with Crippen molar-refractivity contribution >= 4 is 6.09 Å². The summed E-state index contributed by atoms with van der Waals surface area (Å²) in [5.41, 5.74) is -0.364. The molecule has 1 aliphatic carbocycles. The van der Waals surface area contributed by atoms with E-state index in [2.05, 4.69) is 24.3 Å². The first-order valence-corrected chi connectivity index (χ1v) is 9.40. The number of hydrogen-bond acceptors (Lipinski definition) is 4. The predicted octanol–water partition coefficient (Wildman–Crippen LogP) is 2.90. The maximum absolute atomic E-state index is 12.5. The maximum Gasteiger partial charge on any atom is 0.410 e. The smallest absolute Gasteiger partial charge is 0.410 e. The Labute approximate surface area is 150 Å². The van der Waals surface area contributed by atoms with Gasteiger partial charge in [0.05, 0.1) is 0 Å². The summed E-state index contributed by atoms with van der Waals surface area (Å²) in [5, 5.41) is 7.97. The van der Waals surface area contributed by atoms with Gasteiger partial charge < -0.3 is 15.0 Å². The number of amides is 1. The van der Waals surface area contributed by atoms with Crippen LogP contribution in [0, 0.1) is 11.3 Å². The molecule has 3 atom stereocenters. The Bertz CT molecular complexity index is 591. The van der Waals surface area contributed by atoms with E-state index < -0.39 is 5.60 Å². The average molecular weight is 348 g/mol. The number of rotatable bonds is 5. The van der Waals surface area contributed by atoms with Gasteiger partial charge in [-0.25, -0.2) is 4.79 Å². The van der Waals surface area contributed by atoms with Gasteiger partial charge in [-0.2, -0.15) is 5.10 Å². The monoisotopic (exact) mass is 348 g/mol. The molecule has 140 valence electrons. The number of nitrogens with zero attached hydrogens (tertiary/aromatic N) is 3. The molecule has 1 amide bonds. The topological polar surface area (TPSA) is 59.4 Å².